The lowest BCUT2D eigenvalue weighted by Gasteiger charge is -2.42. The van der Waals surface area contributed by atoms with Crippen LogP contribution in [0.3, 0.4) is 0 Å². The Morgan fingerprint density at radius 3 is 2.56 bits per heavy atom. The summed E-state index contributed by atoms with van der Waals surface area (Å²) < 4.78 is 13.6. The van der Waals surface area contributed by atoms with E-state index in [1.165, 1.54) is 12.1 Å². The Balaban J connectivity index is 2.45. The van der Waals surface area contributed by atoms with Gasteiger partial charge in [-0.05, 0) is 25.0 Å². The van der Waals surface area contributed by atoms with Crippen molar-refractivity contribution >= 4 is 17.6 Å². The number of hydrogen-bond acceptors (Lipinski definition) is 2. The Hall–Kier alpha value is -1.13. The minimum absolute atomic E-state index is 0.0425. The van der Waals surface area contributed by atoms with Gasteiger partial charge in [0.05, 0.1) is 6.10 Å². The first-order valence-electron chi connectivity index (χ1n) is 4.83. The number of aliphatic carboxylic acids is 1. The Bertz CT molecular complexity index is 441. The molecule has 0 amide bonds. The highest BCUT2D eigenvalue weighted by molar-refractivity contribution is 6.30. The fourth-order valence-corrected chi connectivity index (χ4v) is 2.29. The molecule has 0 aromatic heterocycles. The Labute approximate surface area is 96.5 Å². The molecule has 0 aliphatic heterocycles. The topological polar surface area (TPSA) is 57.5 Å². The van der Waals surface area contributed by atoms with E-state index in [4.69, 9.17) is 16.7 Å². The van der Waals surface area contributed by atoms with Crippen molar-refractivity contribution in [2.24, 2.45) is 0 Å². The van der Waals surface area contributed by atoms with Crippen molar-refractivity contribution in [1.29, 1.82) is 0 Å². The summed E-state index contributed by atoms with van der Waals surface area (Å²) >= 11 is 5.60. The summed E-state index contributed by atoms with van der Waals surface area (Å²) in [6, 6.07) is 3.92. The smallest absolute Gasteiger partial charge is 0.314 e. The molecule has 0 unspecified atom stereocenters. The summed E-state index contributed by atoms with van der Waals surface area (Å²) in [5, 5.41) is 18.6. The van der Waals surface area contributed by atoms with Crippen molar-refractivity contribution < 1.29 is 19.4 Å². The summed E-state index contributed by atoms with van der Waals surface area (Å²) in [6.07, 6.45) is -0.590. The number of carbonyl (C=O) groups is 1. The molecule has 1 aliphatic carbocycles. The van der Waals surface area contributed by atoms with E-state index in [9.17, 15) is 14.3 Å². The number of carboxylic acids is 1. The third kappa shape index (κ3) is 1.58. The number of rotatable bonds is 2. The molecule has 16 heavy (non-hydrogen) atoms. The molecule has 0 bridgehead atoms. The van der Waals surface area contributed by atoms with Gasteiger partial charge in [-0.15, -0.1) is 0 Å². The fraction of sp³-hybridized carbons (Fsp3) is 0.364. The molecule has 2 rings (SSSR count). The maximum atomic E-state index is 13.6. The molecule has 0 spiro atoms. The lowest BCUT2D eigenvalue weighted by molar-refractivity contribution is -0.153. The molecular formula is C11H10ClFO3. The second-order valence-electron chi connectivity index (χ2n) is 4.07. The number of carboxylic acid groups (broad SMARTS) is 1. The first-order chi connectivity index (χ1) is 7.45. The van der Waals surface area contributed by atoms with E-state index in [0.29, 0.717) is 0 Å². The maximum absolute atomic E-state index is 13.6. The number of aliphatic hydroxyl groups is 1. The molecule has 2 N–H and O–H groups in total. The van der Waals surface area contributed by atoms with Crippen LogP contribution in [0.4, 0.5) is 4.39 Å². The molecule has 0 saturated heterocycles. The van der Waals surface area contributed by atoms with Gasteiger partial charge in [-0.2, -0.15) is 0 Å². The summed E-state index contributed by atoms with van der Waals surface area (Å²) in [5.74, 6) is -1.75. The standard InChI is InChI=1S/C11H10ClFO3/c12-6-1-2-8(9(13)3-6)11(10(15)16)4-7(14)5-11/h1-3,7,14H,4-5H2,(H,15,16). The van der Waals surface area contributed by atoms with E-state index in [1.807, 2.05) is 0 Å². The van der Waals surface area contributed by atoms with Crippen LogP contribution in [-0.2, 0) is 10.2 Å². The van der Waals surface area contributed by atoms with Gasteiger partial charge in [0.1, 0.15) is 11.2 Å². The van der Waals surface area contributed by atoms with Gasteiger partial charge >= 0.3 is 5.97 Å². The van der Waals surface area contributed by atoms with Gasteiger partial charge in [-0.1, -0.05) is 17.7 Å². The highest BCUT2D eigenvalue weighted by Crippen LogP contribution is 2.45. The molecule has 1 saturated carbocycles. The van der Waals surface area contributed by atoms with Gasteiger partial charge < -0.3 is 10.2 Å². The second-order valence-corrected chi connectivity index (χ2v) is 4.51. The molecule has 1 aliphatic rings. The number of hydrogen-bond donors (Lipinski definition) is 2. The maximum Gasteiger partial charge on any atom is 0.314 e. The van der Waals surface area contributed by atoms with Crippen LogP contribution < -0.4 is 0 Å². The van der Waals surface area contributed by atoms with Gasteiger partial charge in [0.2, 0.25) is 0 Å². The zero-order chi connectivity index (χ0) is 11.9. The zero-order valence-corrected chi connectivity index (χ0v) is 9.04. The van der Waals surface area contributed by atoms with Gasteiger partial charge in [-0.3, -0.25) is 4.79 Å². The van der Waals surface area contributed by atoms with E-state index in [2.05, 4.69) is 0 Å². The van der Waals surface area contributed by atoms with Gasteiger partial charge in [0.25, 0.3) is 0 Å². The molecule has 3 nitrogen and oxygen atoms in total. The summed E-state index contributed by atoms with van der Waals surface area (Å²) in [6.45, 7) is 0. The second kappa shape index (κ2) is 3.71. The quantitative estimate of drug-likeness (QED) is 0.836. The molecule has 0 radical (unpaired) electrons. The lowest BCUT2D eigenvalue weighted by atomic mass is 9.62. The van der Waals surface area contributed by atoms with E-state index < -0.39 is 23.3 Å². The minimum atomic E-state index is -1.30. The van der Waals surface area contributed by atoms with Crippen LogP contribution >= 0.6 is 11.6 Å². The van der Waals surface area contributed by atoms with Crippen molar-refractivity contribution in [2.75, 3.05) is 0 Å². The van der Waals surface area contributed by atoms with Crippen molar-refractivity contribution in [1.82, 2.24) is 0 Å². The number of aliphatic hydroxyl groups excluding tert-OH is 1. The highest BCUT2D eigenvalue weighted by Gasteiger charge is 2.52. The Morgan fingerprint density at radius 2 is 2.12 bits per heavy atom. The highest BCUT2D eigenvalue weighted by atomic mass is 35.5. The first-order valence-corrected chi connectivity index (χ1v) is 5.20. The Kier molecular flexibility index (Phi) is 2.64. The van der Waals surface area contributed by atoms with E-state index in [0.717, 1.165) is 6.07 Å². The predicted octanol–water partition coefficient (Wildman–Crippen LogP) is 1.96. The van der Waals surface area contributed by atoms with E-state index in [-0.39, 0.29) is 23.4 Å². The number of halogens is 2. The molecule has 0 atom stereocenters. The van der Waals surface area contributed by atoms with Crippen LogP contribution in [0.25, 0.3) is 0 Å². The Morgan fingerprint density at radius 1 is 1.50 bits per heavy atom. The van der Waals surface area contributed by atoms with E-state index in [1.54, 1.807) is 0 Å². The normalized spacial score (nSPS) is 28.6. The molecular weight excluding hydrogens is 235 g/mol. The molecule has 86 valence electrons. The largest absolute Gasteiger partial charge is 0.481 e. The van der Waals surface area contributed by atoms with Crippen molar-refractivity contribution in [3.63, 3.8) is 0 Å². The van der Waals surface area contributed by atoms with Crippen molar-refractivity contribution in [3.05, 3.63) is 34.6 Å². The molecule has 0 heterocycles. The molecule has 5 heteroatoms. The molecule has 1 aromatic carbocycles. The molecule has 1 fully saturated rings. The summed E-state index contributed by atoms with van der Waals surface area (Å²) in [4.78, 5) is 11.2. The lowest BCUT2D eigenvalue weighted by Crippen LogP contribution is -2.51. The fourth-order valence-electron chi connectivity index (χ4n) is 2.13. The predicted molar refractivity (Wildman–Crippen MR) is 56.0 cm³/mol. The summed E-state index contributed by atoms with van der Waals surface area (Å²) in [7, 11) is 0. The monoisotopic (exact) mass is 244 g/mol. The average molecular weight is 245 g/mol. The third-order valence-corrected chi connectivity index (χ3v) is 3.26. The van der Waals surface area contributed by atoms with Gasteiger partial charge in [0, 0.05) is 10.6 Å². The van der Waals surface area contributed by atoms with E-state index >= 15 is 0 Å². The van der Waals surface area contributed by atoms with Crippen LogP contribution in [0.2, 0.25) is 5.02 Å². The van der Waals surface area contributed by atoms with Gasteiger partial charge in [0.15, 0.2) is 0 Å². The summed E-state index contributed by atoms with van der Waals surface area (Å²) in [5.41, 5.74) is -1.21. The zero-order valence-electron chi connectivity index (χ0n) is 8.28. The molecule has 1 aromatic rings. The van der Waals surface area contributed by atoms with Crippen LogP contribution in [-0.4, -0.2) is 22.3 Å². The minimum Gasteiger partial charge on any atom is -0.481 e. The van der Waals surface area contributed by atoms with Crippen LogP contribution in [0.15, 0.2) is 18.2 Å². The van der Waals surface area contributed by atoms with Crippen molar-refractivity contribution in [2.45, 2.75) is 24.4 Å². The van der Waals surface area contributed by atoms with Crippen LogP contribution in [0.1, 0.15) is 18.4 Å². The van der Waals surface area contributed by atoms with Crippen LogP contribution in [0.5, 0.6) is 0 Å². The van der Waals surface area contributed by atoms with Crippen LogP contribution in [0, 0.1) is 5.82 Å². The van der Waals surface area contributed by atoms with Crippen molar-refractivity contribution in [3.8, 4) is 0 Å². The SMILES string of the molecule is O=C(O)C1(c2ccc(Cl)cc2F)CC(O)C1. The third-order valence-electron chi connectivity index (χ3n) is 3.02. The van der Waals surface area contributed by atoms with Gasteiger partial charge in [-0.25, -0.2) is 4.39 Å². The average Bonchev–Trinajstić information content (AvgIpc) is 2.12. The number of benzene rings is 1. The first kappa shape index (κ1) is 11.4.